The molecule has 0 saturated heterocycles. The summed E-state index contributed by atoms with van der Waals surface area (Å²) in [5, 5.41) is 12.5. The van der Waals surface area contributed by atoms with Crippen LogP contribution in [0.2, 0.25) is 5.02 Å². The number of aliphatic hydroxyl groups excluding tert-OH is 1. The van der Waals surface area contributed by atoms with Crippen molar-refractivity contribution in [1.29, 1.82) is 0 Å². The molecule has 17 heavy (non-hydrogen) atoms. The zero-order valence-electron chi connectivity index (χ0n) is 9.82. The van der Waals surface area contributed by atoms with E-state index < -0.39 is 0 Å². The molecule has 4 nitrogen and oxygen atoms in total. The maximum absolute atomic E-state index is 12.0. The second-order valence-electron chi connectivity index (χ2n) is 4.44. The lowest BCUT2D eigenvalue weighted by Crippen LogP contribution is -2.37. The van der Waals surface area contributed by atoms with Gasteiger partial charge in [-0.2, -0.15) is 0 Å². The van der Waals surface area contributed by atoms with Crippen molar-refractivity contribution in [1.82, 2.24) is 9.88 Å². The van der Waals surface area contributed by atoms with E-state index in [1.165, 1.54) is 0 Å². The molecule has 1 aliphatic carbocycles. The van der Waals surface area contributed by atoms with Gasteiger partial charge in [0.15, 0.2) is 0 Å². The van der Waals surface area contributed by atoms with Gasteiger partial charge in [0, 0.05) is 12.2 Å². The standard InChI is InChI=1S/C12H17ClN2O2/c1-2-9(7-16)14-12(17)11-5-8(13)6-15(11)10-3-4-10/h5-6,9-10,16H,2-4,7H2,1H3,(H,14,17). The van der Waals surface area contributed by atoms with E-state index in [1.54, 1.807) is 12.3 Å². The van der Waals surface area contributed by atoms with Crippen LogP contribution >= 0.6 is 11.6 Å². The van der Waals surface area contributed by atoms with E-state index in [9.17, 15) is 4.79 Å². The van der Waals surface area contributed by atoms with Crippen molar-refractivity contribution in [2.24, 2.45) is 0 Å². The number of carbonyl (C=O) groups excluding carboxylic acids is 1. The number of carbonyl (C=O) groups is 1. The van der Waals surface area contributed by atoms with Crippen molar-refractivity contribution >= 4 is 17.5 Å². The molecule has 1 aromatic heterocycles. The Hall–Kier alpha value is -1.00. The molecule has 1 heterocycles. The predicted molar refractivity (Wildman–Crippen MR) is 66.3 cm³/mol. The van der Waals surface area contributed by atoms with E-state index >= 15 is 0 Å². The summed E-state index contributed by atoms with van der Waals surface area (Å²) < 4.78 is 1.93. The van der Waals surface area contributed by atoms with Crippen LogP contribution in [0, 0.1) is 0 Å². The van der Waals surface area contributed by atoms with Gasteiger partial charge in [-0.05, 0) is 25.3 Å². The Bertz CT molecular complexity index is 409. The maximum Gasteiger partial charge on any atom is 0.268 e. The second kappa shape index (κ2) is 5.10. The maximum atomic E-state index is 12.0. The summed E-state index contributed by atoms with van der Waals surface area (Å²) in [5.74, 6) is -0.162. The average molecular weight is 257 g/mol. The van der Waals surface area contributed by atoms with Crippen molar-refractivity contribution in [3.05, 3.63) is 23.0 Å². The number of amides is 1. The molecule has 1 aliphatic rings. The van der Waals surface area contributed by atoms with Crippen LogP contribution in [0.3, 0.4) is 0 Å². The molecule has 1 aromatic rings. The summed E-state index contributed by atoms with van der Waals surface area (Å²) in [6.07, 6.45) is 4.71. The van der Waals surface area contributed by atoms with Crippen molar-refractivity contribution in [2.45, 2.75) is 38.3 Å². The molecule has 0 spiro atoms. The molecule has 0 aliphatic heterocycles. The summed E-state index contributed by atoms with van der Waals surface area (Å²) in [5.41, 5.74) is 0.587. The number of halogens is 1. The molecule has 94 valence electrons. The fraction of sp³-hybridized carbons (Fsp3) is 0.583. The quantitative estimate of drug-likeness (QED) is 0.846. The third kappa shape index (κ3) is 2.82. The van der Waals surface area contributed by atoms with Crippen LogP contribution in [0.4, 0.5) is 0 Å². The molecular weight excluding hydrogens is 240 g/mol. The molecule has 1 amide bonds. The van der Waals surface area contributed by atoms with E-state index in [-0.39, 0.29) is 18.6 Å². The van der Waals surface area contributed by atoms with Gasteiger partial charge < -0.3 is 15.0 Å². The molecule has 0 bridgehead atoms. The van der Waals surface area contributed by atoms with E-state index in [0.29, 0.717) is 23.2 Å². The molecule has 5 heteroatoms. The van der Waals surface area contributed by atoms with Crippen LogP contribution < -0.4 is 5.32 Å². The van der Waals surface area contributed by atoms with Gasteiger partial charge >= 0.3 is 0 Å². The van der Waals surface area contributed by atoms with Gasteiger partial charge in [-0.15, -0.1) is 0 Å². The topological polar surface area (TPSA) is 54.3 Å². The molecule has 2 N–H and O–H groups in total. The smallest absolute Gasteiger partial charge is 0.268 e. The van der Waals surface area contributed by atoms with Crippen molar-refractivity contribution in [2.75, 3.05) is 6.61 Å². The number of nitrogens with one attached hydrogen (secondary N) is 1. The van der Waals surface area contributed by atoms with Gasteiger partial charge in [-0.3, -0.25) is 4.79 Å². The highest BCUT2D eigenvalue weighted by atomic mass is 35.5. The van der Waals surface area contributed by atoms with E-state index in [4.69, 9.17) is 16.7 Å². The lowest BCUT2D eigenvalue weighted by atomic mass is 10.2. The van der Waals surface area contributed by atoms with Crippen LogP contribution in [0.5, 0.6) is 0 Å². The molecule has 2 rings (SSSR count). The zero-order chi connectivity index (χ0) is 12.4. The van der Waals surface area contributed by atoms with Crippen molar-refractivity contribution in [3.8, 4) is 0 Å². The van der Waals surface area contributed by atoms with Crippen LogP contribution in [0.1, 0.15) is 42.7 Å². The minimum Gasteiger partial charge on any atom is -0.394 e. The highest BCUT2D eigenvalue weighted by Crippen LogP contribution is 2.37. The predicted octanol–water partition coefficient (Wildman–Crippen LogP) is 1.98. The highest BCUT2D eigenvalue weighted by Gasteiger charge is 2.28. The normalized spacial score (nSPS) is 16.9. The second-order valence-corrected chi connectivity index (χ2v) is 4.88. The van der Waals surface area contributed by atoms with Gasteiger partial charge in [0.1, 0.15) is 5.69 Å². The Labute approximate surface area is 106 Å². The molecule has 0 radical (unpaired) electrons. The van der Waals surface area contributed by atoms with Gasteiger partial charge in [-0.1, -0.05) is 18.5 Å². The van der Waals surface area contributed by atoms with Crippen molar-refractivity contribution in [3.63, 3.8) is 0 Å². The highest BCUT2D eigenvalue weighted by molar-refractivity contribution is 6.31. The van der Waals surface area contributed by atoms with Gasteiger partial charge in [0.25, 0.3) is 5.91 Å². The number of nitrogens with zero attached hydrogens (tertiary/aromatic N) is 1. The Balaban J connectivity index is 2.12. The lowest BCUT2D eigenvalue weighted by Gasteiger charge is -2.15. The summed E-state index contributed by atoms with van der Waals surface area (Å²) in [6.45, 7) is 1.88. The summed E-state index contributed by atoms with van der Waals surface area (Å²) in [6, 6.07) is 1.90. The van der Waals surface area contributed by atoms with Crippen LogP contribution in [0.25, 0.3) is 0 Å². The van der Waals surface area contributed by atoms with Gasteiger partial charge in [0.2, 0.25) is 0 Å². The molecule has 0 aromatic carbocycles. The summed E-state index contributed by atoms with van der Waals surface area (Å²) in [7, 11) is 0. The van der Waals surface area contributed by atoms with E-state index in [0.717, 1.165) is 12.8 Å². The Morgan fingerprint density at radius 2 is 2.41 bits per heavy atom. The first kappa shape index (κ1) is 12.5. The largest absolute Gasteiger partial charge is 0.394 e. The third-order valence-corrected chi connectivity index (χ3v) is 3.24. The molecule has 1 atom stereocenters. The Morgan fingerprint density at radius 1 is 1.71 bits per heavy atom. The van der Waals surface area contributed by atoms with Crippen LogP contribution in [-0.4, -0.2) is 28.2 Å². The first-order chi connectivity index (χ1) is 8.15. The van der Waals surface area contributed by atoms with E-state index in [2.05, 4.69) is 5.32 Å². The monoisotopic (exact) mass is 256 g/mol. The first-order valence-corrected chi connectivity index (χ1v) is 6.32. The Morgan fingerprint density at radius 3 is 2.94 bits per heavy atom. The fourth-order valence-electron chi connectivity index (χ4n) is 1.82. The average Bonchev–Trinajstić information content (AvgIpc) is 3.09. The molecule has 1 fully saturated rings. The molecular formula is C12H17ClN2O2. The van der Waals surface area contributed by atoms with Crippen LogP contribution in [-0.2, 0) is 0 Å². The number of aromatic nitrogens is 1. The first-order valence-electron chi connectivity index (χ1n) is 5.94. The SMILES string of the molecule is CCC(CO)NC(=O)c1cc(Cl)cn1C1CC1. The summed E-state index contributed by atoms with van der Waals surface area (Å²) in [4.78, 5) is 12.0. The number of rotatable bonds is 5. The molecule has 1 unspecified atom stereocenters. The van der Waals surface area contributed by atoms with Crippen LogP contribution in [0.15, 0.2) is 12.3 Å². The van der Waals surface area contributed by atoms with Gasteiger partial charge in [-0.25, -0.2) is 0 Å². The Kier molecular flexibility index (Phi) is 3.74. The number of hydrogen-bond donors (Lipinski definition) is 2. The summed E-state index contributed by atoms with van der Waals surface area (Å²) >= 11 is 5.94. The molecule has 1 saturated carbocycles. The fourth-order valence-corrected chi connectivity index (χ4v) is 2.03. The number of hydrogen-bond acceptors (Lipinski definition) is 2. The number of aliphatic hydroxyl groups is 1. The third-order valence-electron chi connectivity index (χ3n) is 3.04. The van der Waals surface area contributed by atoms with E-state index in [1.807, 2.05) is 11.5 Å². The minimum atomic E-state index is -0.191. The lowest BCUT2D eigenvalue weighted by molar-refractivity contribution is 0.0905. The van der Waals surface area contributed by atoms with Gasteiger partial charge in [0.05, 0.1) is 17.7 Å². The zero-order valence-corrected chi connectivity index (χ0v) is 10.6. The minimum absolute atomic E-state index is 0.0416. The van der Waals surface area contributed by atoms with Crippen molar-refractivity contribution < 1.29 is 9.90 Å².